The van der Waals surface area contributed by atoms with Crippen molar-refractivity contribution in [3.8, 4) is 67.5 Å². The molecule has 8 aromatic rings. The predicted octanol–water partition coefficient (Wildman–Crippen LogP) is 10.2. The van der Waals surface area contributed by atoms with Crippen LogP contribution in [0.15, 0.2) is 164 Å². The summed E-state index contributed by atoms with van der Waals surface area (Å²) in [4.78, 5) is 15.8. The fourth-order valence-corrected chi connectivity index (χ4v) is 10.6. The second-order valence-corrected chi connectivity index (χ2v) is 17.6. The van der Waals surface area contributed by atoms with Crippen molar-refractivity contribution < 1.29 is 0 Å². The molecule has 3 nitrogen and oxygen atoms in total. The summed E-state index contributed by atoms with van der Waals surface area (Å²) in [6, 6.07) is 58.1. The number of benzene rings is 7. The van der Waals surface area contributed by atoms with Crippen LogP contribution in [0.5, 0.6) is 0 Å². The van der Waals surface area contributed by atoms with Crippen molar-refractivity contribution in [2.24, 2.45) is 0 Å². The molecule has 0 amide bonds. The van der Waals surface area contributed by atoms with E-state index in [1.807, 2.05) is 6.07 Å². The molecule has 232 valence electrons. The van der Waals surface area contributed by atoms with Gasteiger partial charge in [-0.3, -0.25) is 0 Å². The Kier molecular flexibility index (Phi) is 6.92. The molecule has 0 aliphatic carbocycles. The Labute approximate surface area is 287 Å². The SMILES string of the molecule is C[Si]1(C)c2ccccc2-c2c(-c3nc(-c4cccc(-c5ccccc5)c4)nc(-c4ccc(-c5ccccc5)c5ccccc45)n3)cccc21. The van der Waals surface area contributed by atoms with E-state index in [2.05, 4.69) is 171 Å². The molecular weight excluding hydrogens is 611 g/mol. The Balaban J connectivity index is 1.30. The lowest BCUT2D eigenvalue weighted by Gasteiger charge is -2.19. The Morgan fingerprint density at radius 3 is 1.63 bits per heavy atom. The molecule has 0 saturated heterocycles. The van der Waals surface area contributed by atoms with Crippen molar-refractivity contribution in [2.45, 2.75) is 13.1 Å². The number of aromatic nitrogens is 3. The van der Waals surface area contributed by atoms with E-state index in [1.165, 1.54) is 38.0 Å². The smallest absolute Gasteiger partial charge is 0.164 e. The standard InChI is InChI=1S/C45H33N3Si/c1-49(2)40-25-12-11-23-38(40)42-39(24-14-26-41(42)49)45-47-43(33-20-13-19-32(29-33)30-15-5-3-6-16-30)46-44(48-45)37-28-27-34(31-17-7-4-8-18-31)35-21-9-10-22-36(35)37/h3-29H,1-2H3. The molecule has 0 fully saturated rings. The molecule has 2 heterocycles. The third-order valence-corrected chi connectivity index (χ3v) is 13.5. The van der Waals surface area contributed by atoms with E-state index in [9.17, 15) is 0 Å². The summed E-state index contributed by atoms with van der Waals surface area (Å²) in [5.41, 5.74) is 10.2. The van der Waals surface area contributed by atoms with Gasteiger partial charge in [-0.05, 0) is 66.7 Å². The summed E-state index contributed by atoms with van der Waals surface area (Å²) >= 11 is 0. The Hall–Kier alpha value is -5.97. The van der Waals surface area contributed by atoms with Crippen LogP contribution in [-0.4, -0.2) is 23.0 Å². The van der Waals surface area contributed by atoms with Crippen LogP contribution < -0.4 is 10.4 Å². The first kappa shape index (κ1) is 29.2. The molecule has 1 aromatic heterocycles. The monoisotopic (exact) mass is 643 g/mol. The first-order valence-corrected chi connectivity index (χ1v) is 19.8. The number of hydrogen-bond acceptors (Lipinski definition) is 3. The highest BCUT2D eigenvalue weighted by atomic mass is 28.3. The highest BCUT2D eigenvalue weighted by Crippen LogP contribution is 2.39. The van der Waals surface area contributed by atoms with Crippen molar-refractivity contribution in [1.82, 2.24) is 15.0 Å². The van der Waals surface area contributed by atoms with Crippen LogP contribution in [0.2, 0.25) is 13.1 Å². The molecule has 0 bridgehead atoms. The summed E-state index contributed by atoms with van der Waals surface area (Å²) in [6.45, 7) is 4.89. The Morgan fingerprint density at radius 1 is 0.347 bits per heavy atom. The summed E-state index contributed by atoms with van der Waals surface area (Å²) in [5, 5.41) is 5.17. The van der Waals surface area contributed by atoms with Gasteiger partial charge in [-0.1, -0.05) is 165 Å². The molecule has 7 aromatic carbocycles. The summed E-state index contributed by atoms with van der Waals surface area (Å²) < 4.78 is 0. The molecule has 0 saturated carbocycles. The maximum atomic E-state index is 5.32. The zero-order valence-corrected chi connectivity index (χ0v) is 28.4. The van der Waals surface area contributed by atoms with Gasteiger partial charge < -0.3 is 0 Å². The van der Waals surface area contributed by atoms with Crippen molar-refractivity contribution >= 4 is 29.2 Å². The van der Waals surface area contributed by atoms with Gasteiger partial charge in [0.1, 0.15) is 8.07 Å². The molecule has 0 N–H and O–H groups in total. The van der Waals surface area contributed by atoms with E-state index in [1.54, 1.807) is 0 Å². The van der Waals surface area contributed by atoms with Gasteiger partial charge >= 0.3 is 0 Å². The molecule has 49 heavy (non-hydrogen) atoms. The van der Waals surface area contributed by atoms with E-state index >= 15 is 0 Å². The largest absolute Gasteiger partial charge is 0.208 e. The van der Waals surface area contributed by atoms with E-state index in [0.29, 0.717) is 17.5 Å². The van der Waals surface area contributed by atoms with Crippen LogP contribution in [0, 0.1) is 0 Å². The zero-order chi connectivity index (χ0) is 33.0. The maximum absolute atomic E-state index is 5.32. The summed E-state index contributed by atoms with van der Waals surface area (Å²) in [6.07, 6.45) is 0. The topological polar surface area (TPSA) is 38.7 Å². The second-order valence-electron chi connectivity index (χ2n) is 13.2. The molecule has 0 spiro atoms. The Bertz CT molecular complexity index is 2520. The fourth-order valence-electron chi connectivity index (χ4n) is 7.52. The minimum Gasteiger partial charge on any atom is -0.208 e. The van der Waals surface area contributed by atoms with Crippen molar-refractivity contribution in [2.75, 3.05) is 0 Å². The molecule has 1 aliphatic heterocycles. The number of nitrogens with zero attached hydrogens (tertiary/aromatic N) is 3. The van der Waals surface area contributed by atoms with Crippen molar-refractivity contribution in [3.05, 3.63) is 164 Å². The highest BCUT2D eigenvalue weighted by molar-refractivity contribution is 7.04. The minimum absolute atomic E-state index is 0.661. The summed E-state index contributed by atoms with van der Waals surface area (Å²) in [5.74, 6) is 2.02. The molecule has 0 radical (unpaired) electrons. The first-order valence-electron chi connectivity index (χ1n) is 16.8. The molecule has 0 unspecified atom stereocenters. The van der Waals surface area contributed by atoms with Crippen molar-refractivity contribution in [3.63, 3.8) is 0 Å². The average Bonchev–Trinajstić information content (AvgIpc) is 3.41. The van der Waals surface area contributed by atoms with Crippen LogP contribution in [-0.2, 0) is 0 Å². The van der Waals surface area contributed by atoms with Crippen LogP contribution in [0.1, 0.15) is 0 Å². The van der Waals surface area contributed by atoms with Gasteiger partial charge in [0.2, 0.25) is 0 Å². The van der Waals surface area contributed by atoms with E-state index in [0.717, 1.165) is 33.2 Å². The van der Waals surface area contributed by atoms with Crippen LogP contribution in [0.4, 0.5) is 0 Å². The molecular formula is C45H33N3Si. The lowest BCUT2D eigenvalue weighted by Crippen LogP contribution is -2.49. The van der Waals surface area contributed by atoms with Gasteiger partial charge in [-0.25, -0.2) is 15.0 Å². The number of fused-ring (bicyclic) bond motifs is 4. The molecule has 0 atom stereocenters. The number of rotatable bonds is 5. The van der Waals surface area contributed by atoms with Gasteiger partial charge in [0, 0.05) is 16.7 Å². The number of hydrogen-bond donors (Lipinski definition) is 0. The van der Waals surface area contributed by atoms with Crippen LogP contribution in [0.25, 0.3) is 78.3 Å². The van der Waals surface area contributed by atoms with Gasteiger partial charge in [0.15, 0.2) is 17.5 Å². The van der Waals surface area contributed by atoms with Gasteiger partial charge in [-0.2, -0.15) is 0 Å². The molecule has 4 heteroatoms. The Morgan fingerprint density at radius 2 is 0.857 bits per heavy atom. The first-order chi connectivity index (χ1) is 24.1. The highest BCUT2D eigenvalue weighted by Gasteiger charge is 2.38. The third-order valence-electron chi connectivity index (χ3n) is 9.96. The third kappa shape index (κ3) is 4.92. The maximum Gasteiger partial charge on any atom is 0.164 e. The average molecular weight is 644 g/mol. The molecule has 1 aliphatic rings. The fraction of sp³-hybridized carbons (Fsp3) is 0.0444. The lowest BCUT2D eigenvalue weighted by molar-refractivity contribution is 1.08. The van der Waals surface area contributed by atoms with Crippen LogP contribution in [0.3, 0.4) is 0 Å². The predicted molar refractivity (Wildman–Crippen MR) is 207 cm³/mol. The van der Waals surface area contributed by atoms with E-state index in [-0.39, 0.29) is 0 Å². The van der Waals surface area contributed by atoms with Crippen molar-refractivity contribution in [1.29, 1.82) is 0 Å². The minimum atomic E-state index is -1.89. The quantitative estimate of drug-likeness (QED) is 0.175. The molecule has 9 rings (SSSR count). The second kappa shape index (κ2) is 11.6. The zero-order valence-electron chi connectivity index (χ0n) is 27.4. The van der Waals surface area contributed by atoms with E-state index < -0.39 is 8.07 Å². The summed E-state index contributed by atoms with van der Waals surface area (Å²) in [7, 11) is -1.89. The van der Waals surface area contributed by atoms with Gasteiger partial charge in [0.25, 0.3) is 0 Å². The normalized spacial score (nSPS) is 12.9. The van der Waals surface area contributed by atoms with Gasteiger partial charge in [0.05, 0.1) is 0 Å². The van der Waals surface area contributed by atoms with E-state index in [4.69, 9.17) is 15.0 Å². The van der Waals surface area contributed by atoms with Gasteiger partial charge in [-0.15, -0.1) is 0 Å². The lowest BCUT2D eigenvalue weighted by atomic mass is 9.94. The van der Waals surface area contributed by atoms with Crippen LogP contribution >= 0.6 is 0 Å².